The molecular formula is C28H36N2. The molecule has 0 spiro atoms. The van der Waals surface area contributed by atoms with Gasteiger partial charge in [-0.05, 0) is 85.6 Å². The van der Waals surface area contributed by atoms with Crippen molar-refractivity contribution < 1.29 is 0 Å². The largest absolute Gasteiger partial charge is 0.325 e. The van der Waals surface area contributed by atoms with E-state index < -0.39 is 0 Å². The molecule has 2 aliphatic rings. The molecule has 0 aliphatic heterocycles. The Kier molecular flexibility index (Phi) is 5.67. The van der Waals surface area contributed by atoms with Gasteiger partial charge in [0, 0.05) is 23.8 Å². The number of benzene rings is 1. The van der Waals surface area contributed by atoms with Gasteiger partial charge >= 0.3 is 0 Å². The zero-order chi connectivity index (χ0) is 20.5. The maximum Gasteiger partial charge on any atom is 0.140 e. The Bertz CT molecular complexity index is 1000. The van der Waals surface area contributed by atoms with Gasteiger partial charge in [-0.25, -0.2) is 4.98 Å². The number of hydrogen-bond acceptors (Lipinski definition) is 1. The maximum absolute atomic E-state index is 4.82. The third-order valence-corrected chi connectivity index (χ3v) is 7.91. The van der Waals surface area contributed by atoms with E-state index in [1.54, 1.807) is 5.56 Å². The van der Waals surface area contributed by atoms with Crippen LogP contribution < -0.4 is 0 Å². The van der Waals surface area contributed by atoms with Gasteiger partial charge in [0.2, 0.25) is 0 Å². The summed E-state index contributed by atoms with van der Waals surface area (Å²) >= 11 is 0. The van der Waals surface area contributed by atoms with E-state index in [9.17, 15) is 0 Å². The Hall–Kier alpha value is -2.09. The van der Waals surface area contributed by atoms with Crippen molar-refractivity contribution in [3.63, 3.8) is 0 Å². The van der Waals surface area contributed by atoms with Crippen LogP contribution in [0.5, 0.6) is 0 Å². The number of pyridine rings is 1. The zero-order valence-corrected chi connectivity index (χ0v) is 18.8. The summed E-state index contributed by atoms with van der Waals surface area (Å²) in [5, 5.41) is 1.42. The quantitative estimate of drug-likeness (QED) is 0.419. The first-order valence-corrected chi connectivity index (χ1v) is 12.3. The molecule has 1 atom stereocenters. The number of hydrogen-bond donors (Lipinski definition) is 0. The summed E-state index contributed by atoms with van der Waals surface area (Å²) < 4.78 is 2.51. The molecule has 0 saturated heterocycles. The predicted molar refractivity (Wildman–Crippen MR) is 126 cm³/mol. The summed E-state index contributed by atoms with van der Waals surface area (Å²) in [5.41, 5.74) is 8.61. The topological polar surface area (TPSA) is 17.8 Å². The van der Waals surface area contributed by atoms with Gasteiger partial charge in [0.25, 0.3) is 0 Å². The number of rotatable bonds is 4. The minimum atomic E-state index is 0.682. The minimum absolute atomic E-state index is 0.682. The van der Waals surface area contributed by atoms with Gasteiger partial charge < -0.3 is 4.57 Å². The van der Waals surface area contributed by atoms with Crippen molar-refractivity contribution in [2.45, 2.75) is 90.5 Å². The van der Waals surface area contributed by atoms with E-state index >= 15 is 0 Å². The number of aryl methyl sites for hydroxylation is 2. The lowest BCUT2D eigenvalue weighted by Crippen LogP contribution is -2.11. The Morgan fingerprint density at radius 3 is 2.43 bits per heavy atom. The van der Waals surface area contributed by atoms with Crippen LogP contribution in [0.2, 0.25) is 0 Å². The molecule has 2 aromatic heterocycles. The van der Waals surface area contributed by atoms with Crippen LogP contribution in [-0.4, -0.2) is 9.55 Å². The van der Waals surface area contributed by atoms with E-state index in [1.165, 1.54) is 97.6 Å². The van der Waals surface area contributed by atoms with Crippen molar-refractivity contribution in [1.29, 1.82) is 0 Å². The van der Waals surface area contributed by atoms with E-state index in [4.69, 9.17) is 4.98 Å². The maximum atomic E-state index is 4.82. The van der Waals surface area contributed by atoms with Gasteiger partial charge in [0.15, 0.2) is 0 Å². The molecule has 158 valence electrons. The first-order valence-electron chi connectivity index (χ1n) is 12.3. The second-order valence-electron chi connectivity index (χ2n) is 9.83. The van der Waals surface area contributed by atoms with E-state index in [1.807, 2.05) is 6.20 Å². The average molecular weight is 401 g/mol. The fraction of sp³-hybridized carbons (Fsp3) is 0.536. The van der Waals surface area contributed by atoms with Crippen molar-refractivity contribution in [2.24, 2.45) is 5.92 Å². The molecule has 0 amide bonds. The summed E-state index contributed by atoms with van der Waals surface area (Å²) in [7, 11) is 0. The van der Waals surface area contributed by atoms with E-state index in [2.05, 4.69) is 48.7 Å². The molecule has 3 aromatic rings. The van der Waals surface area contributed by atoms with Gasteiger partial charge in [-0.3, -0.25) is 0 Å². The summed E-state index contributed by atoms with van der Waals surface area (Å²) in [6, 6.07) is 11.7. The van der Waals surface area contributed by atoms with Gasteiger partial charge in [-0.1, -0.05) is 56.9 Å². The highest BCUT2D eigenvalue weighted by atomic mass is 15.0. The summed E-state index contributed by atoms with van der Waals surface area (Å²) in [5.74, 6) is 1.55. The van der Waals surface area contributed by atoms with Crippen LogP contribution in [0, 0.1) is 12.8 Å². The molecule has 30 heavy (non-hydrogen) atoms. The second-order valence-corrected chi connectivity index (χ2v) is 9.83. The monoisotopic (exact) mass is 400 g/mol. The Labute approximate surface area is 181 Å². The molecule has 2 heteroatoms. The fourth-order valence-corrected chi connectivity index (χ4v) is 6.07. The van der Waals surface area contributed by atoms with Crippen LogP contribution in [0.1, 0.15) is 92.2 Å². The van der Waals surface area contributed by atoms with Crippen LogP contribution >= 0.6 is 0 Å². The molecule has 1 fully saturated rings. The number of aromatic nitrogens is 2. The Balaban J connectivity index is 1.41. The van der Waals surface area contributed by atoms with Gasteiger partial charge in [-0.15, -0.1) is 0 Å². The van der Waals surface area contributed by atoms with Gasteiger partial charge in [0.05, 0.1) is 0 Å². The third-order valence-electron chi connectivity index (χ3n) is 7.91. The van der Waals surface area contributed by atoms with Crippen LogP contribution in [0.25, 0.3) is 11.0 Å². The van der Waals surface area contributed by atoms with E-state index in [-0.39, 0.29) is 0 Å². The second kappa shape index (κ2) is 8.57. The fourth-order valence-electron chi connectivity index (χ4n) is 6.07. The molecule has 2 heterocycles. The number of fused-ring (bicyclic) bond motifs is 3. The van der Waals surface area contributed by atoms with Crippen LogP contribution in [0.4, 0.5) is 0 Å². The van der Waals surface area contributed by atoms with Crippen molar-refractivity contribution in [3.8, 4) is 0 Å². The van der Waals surface area contributed by atoms with Gasteiger partial charge in [0.1, 0.15) is 5.65 Å². The normalized spacial score (nSPS) is 18.9. The molecule has 2 nitrogen and oxygen atoms in total. The first kappa shape index (κ1) is 19.8. The highest BCUT2D eigenvalue weighted by Gasteiger charge is 2.23. The molecule has 1 unspecified atom stereocenters. The Morgan fingerprint density at radius 2 is 1.67 bits per heavy atom. The van der Waals surface area contributed by atoms with E-state index in [0.717, 1.165) is 12.5 Å². The SMILES string of the molecule is Cc1ccnc2c1c1c(n2Cc2ccc(C(C)C3CCCCCC3)cc2)CCCC1. The zero-order valence-electron chi connectivity index (χ0n) is 18.8. The molecule has 0 radical (unpaired) electrons. The highest BCUT2D eigenvalue weighted by molar-refractivity contribution is 5.86. The van der Waals surface area contributed by atoms with Crippen molar-refractivity contribution in [1.82, 2.24) is 9.55 Å². The van der Waals surface area contributed by atoms with Crippen molar-refractivity contribution in [2.75, 3.05) is 0 Å². The molecular weight excluding hydrogens is 364 g/mol. The lowest BCUT2D eigenvalue weighted by atomic mass is 9.82. The Morgan fingerprint density at radius 1 is 0.933 bits per heavy atom. The standard InChI is InChI=1S/C28H36N2/c1-20-17-18-29-28-27(20)25-11-7-8-12-26(25)30(28)19-22-13-15-24(16-14-22)21(2)23-9-5-3-4-6-10-23/h13-18,21,23H,3-12,19H2,1-2H3. The van der Waals surface area contributed by atoms with E-state index in [0.29, 0.717) is 5.92 Å². The first-order chi connectivity index (χ1) is 14.7. The molecule has 1 aromatic carbocycles. The van der Waals surface area contributed by atoms with Gasteiger partial charge in [-0.2, -0.15) is 0 Å². The smallest absolute Gasteiger partial charge is 0.140 e. The van der Waals surface area contributed by atoms with Crippen molar-refractivity contribution in [3.05, 3.63) is 64.5 Å². The van der Waals surface area contributed by atoms with Crippen molar-refractivity contribution >= 4 is 11.0 Å². The average Bonchev–Trinajstić information content (AvgIpc) is 2.93. The molecule has 0 N–H and O–H groups in total. The number of nitrogens with zero attached hydrogens (tertiary/aromatic N) is 2. The highest BCUT2D eigenvalue weighted by Crippen LogP contribution is 2.36. The molecule has 2 aliphatic carbocycles. The molecule has 1 saturated carbocycles. The lowest BCUT2D eigenvalue weighted by Gasteiger charge is -2.23. The van der Waals surface area contributed by atoms with Crippen LogP contribution in [-0.2, 0) is 19.4 Å². The lowest BCUT2D eigenvalue weighted by molar-refractivity contribution is 0.394. The predicted octanol–water partition coefficient (Wildman–Crippen LogP) is 7.35. The summed E-state index contributed by atoms with van der Waals surface area (Å²) in [6.45, 7) is 5.64. The third kappa shape index (κ3) is 3.70. The molecule has 0 bridgehead atoms. The molecule has 5 rings (SSSR count). The summed E-state index contributed by atoms with van der Waals surface area (Å²) in [6.07, 6.45) is 15.5. The van der Waals surface area contributed by atoms with Crippen LogP contribution in [0.3, 0.4) is 0 Å². The minimum Gasteiger partial charge on any atom is -0.325 e. The summed E-state index contributed by atoms with van der Waals surface area (Å²) in [4.78, 5) is 4.82. The van der Waals surface area contributed by atoms with Crippen LogP contribution in [0.15, 0.2) is 36.5 Å².